The Bertz CT molecular complexity index is 887. The second-order valence-electron chi connectivity index (χ2n) is 6.55. The van der Waals surface area contributed by atoms with Crippen molar-refractivity contribution in [3.63, 3.8) is 0 Å². The molecular formula is C22H28N2O3S. The van der Waals surface area contributed by atoms with Gasteiger partial charge in [-0.1, -0.05) is 63.2 Å². The SMILES string of the molecule is CCN(CC)S(=O)(=O)c1ccc(/C=C/C(=O)NC[C@H](C)c2ccccc2)cc1. The van der Waals surface area contributed by atoms with Crippen molar-refractivity contribution in [3.8, 4) is 0 Å². The Hall–Kier alpha value is -2.44. The van der Waals surface area contributed by atoms with Crippen LogP contribution < -0.4 is 5.32 Å². The maximum atomic E-state index is 12.5. The number of rotatable bonds is 9. The predicted molar refractivity (Wildman–Crippen MR) is 113 cm³/mol. The summed E-state index contributed by atoms with van der Waals surface area (Å²) in [4.78, 5) is 12.3. The summed E-state index contributed by atoms with van der Waals surface area (Å²) in [5.74, 6) is 0.0470. The number of benzene rings is 2. The smallest absolute Gasteiger partial charge is 0.244 e. The number of sulfonamides is 1. The third-order valence-corrected chi connectivity index (χ3v) is 6.67. The van der Waals surface area contributed by atoms with Gasteiger partial charge in [0, 0.05) is 25.7 Å². The zero-order chi connectivity index (χ0) is 20.6. The van der Waals surface area contributed by atoms with E-state index < -0.39 is 10.0 Å². The quantitative estimate of drug-likeness (QED) is 0.654. The molecule has 0 saturated heterocycles. The van der Waals surface area contributed by atoms with Crippen molar-refractivity contribution < 1.29 is 13.2 Å². The first-order chi connectivity index (χ1) is 13.4. The number of nitrogens with one attached hydrogen (secondary N) is 1. The molecule has 2 aromatic carbocycles. The molecule has 6 heteroatoms. The minimum atomic E-state index is -3.46. The third-order valence-electron chi connectivity index (χ3n) is 4.60. The number of carbonyl (C=O) groups excluding carboxylic acids is 1. The first kappa shape index (κ1) is 21.9. The highest BCUT2D eigenvalue weighted by Gasteiger charge is 2.20. The first-order valence-corrected chi connectivity index (χ1v) is 10.9. The lowest BCUT2D eigenvalue weighted by Crippen LogP contribution is -2.30. The van der Waals surface area contributed by atoms with Crippen LogP contribution in [0.1, 0.15) is 37.8 Å². The normalized spacial score (nSPS) is 13.0. The molecule has 150 valence electrons. The van der Waals surface area contributed by atoms with E-state index in [0.717, 1.165) is 5.56 Å². The van der Waals surface area contributed by atoms with Crippen LogP contribution in [0, 0.1) is 0 Å². The molecule has 1 N–H and O–H groups in total. The summed E-state index contributed by atoms with van der Waals surface area (Å²) >= 11 is 0. The van der Waals surface area contributed by atoms with E-state index in [0.29, 0.717) is 19.6 Å². The first-order valence-electron chi connectivity index (χ1n) is 9.49. The van der Waals surface area contributed by atoms with Crippen LogP contribution in [0.2, 0.25) is 0 Å². The van der Waals surface area contributed by atoms with Gasteiger partial charge in [-0.3, -0.25) is 4.79 Å². The molecular weight excluding hydrogens is 372 g/mol. The second kappa shape index (κ2) is 10.2. The molecule has 0 aliphatic heterocycles. The maximum absolute atomic E-state index is 12.5. The lowest BCUT2D eigenvalue weighted by atomic mass is 10.0. The molecule has 0 bridgehead atoms. The predicted octanol–water partition coefficient (Wildman–Crippen LogP) is 3.65. The van der Waals surface area contributed by atoms with E-state index in [1.165, 1.54) is 15.9 Å². The fraction of sp³-hybridized carbons (Fsp3) is 0.318. The summed E-state index contributed by atoms with van der Waals surface area (Å²) in [5.41, 5.74) is 1.95. The van der Waals surface area contributed by atoms with Gasteiger partial charge < -0.3 is 5.32 Å². The van der Waals surface area contributed by atoms with Gasteiger partial charge in [-0.15, -0.1) is 0 Å². The summed E-state index contributed by atoms with van der Waals surface area (Å²) in [6, 6.07) is 16.6. The molecule has 0 unspecified atom stereocenters. The van der Waals surface area contributed by atoms with Gasteiger partial charge in [-0.2, -0.15) is 4.31 Å². The van der Waals surface area contributed by atoms with Crippen molar-refractivity contribution in [1.82, 2.24) is 9.62 Å². The minimum Gasteiger partial charge on any atom is -0.352 e. The van der Waals surface area contributed by atoms with E-state index in [1.54, 1.807) is 30.3 Å². The second-order valence-corrected chi connectivity index (χ2v) is 8.49. The van der Waals surface area contributed by atoms with Gasteiger partial charge >= 0.3 is 0 Å². The average Bonchev–Trinajstić information content (AvgIpc) is 2.72. The maximum Gasteiger partial charge on any atom is 0.244 e. The van der Waals surface area contributed by atoms with E-state index in [-0.39, 0.29) is 16.7 Å². The molecule has 1 atom stereocenters. The molecule has 0 aliphatic rings. The van der Waals surface area contributed by atoms with Crippen LogP contribution >= 0.6 is 0 Å². The largest absolute Gasteiger partial charge is 0.352 e. The highest BCUT2D eigenvalue weighted by Crippen LogP contribution is 2.17. The van der Waals surface area contributed by atoms with E-state index in [9.17, 15) is 13.2 Å². The molecule has 0 fully saturated rings. The van der Waals surface area contributed by atoms with Crippen LogP contribution in [0.15, 0.2) is 65.6 Å². The van der Waals surface area contributed by atoms with Crippen LogP contribution in [0.3, 0.4) is 0 Å². The van der Waals surface area contributed by atoms with E-state index in [1.807, 2.05) is 44.2 Å². The Labute approximate surface area is 168 Å². The fourth-order valence-electron chi connectivity index (χ4n) is 2.85. The van der Waals surface area contributed by atoms with Crippen molar-refractivity contribution in [1.29, 1.82) is 0 Å². The molecule has 0 saturated carbocycles. The standard InChI is InChI=1S/C22H28N2O3S/c1-4-24(5-2)28(26,27)21-14-11-19(12-15-21)13-16-22(25)23-17-18(3)20-9-7-6-8-10-20/h6-16,18H,4-5,17H2,1-3H3,(H,23,25)/b16-13+/t18-/m0/s1. The van der Waals surface area contributed by atoms with Gasteiger partial charge in [0.25, 0.3) is 0 Å². The lowest BCUT2D eigenvalue weighted by Gasteiger charge is -2.18. The number of carbonyl (C=O) groups is 1. The Balaban J connectivity index is 1.94. The summed E-state index contributed by atoms with van der Waals surface area (Å²) in [7, 11) is -3.46. The zero-order valence-corrected chi connectivity index (χ0v) is 17.4. The van der Waals surface area contributed by atoms with Crippen molar-refractivity contribution in [2.24, 2.45) is 0 Å². The fourth-order valence-corrected chi connectivity index (χ4v) is 4.31. The van der Waals surface area contributed by atoms with Gasteiger partial charge in [0.15, 0.2) is 0 Å². The molecule has 28 heavy (non-hydrogen) atoms. The lowest BCUT2D eigenvalue weighted by molar-refractivity contribution is -0.116. The number of nitrogens with zero attached hydrogens (tertiary/aromatic N) is 1. The molecule has 2 aromatic rings. The minimum absolute atomic E-state index is 0.178. The summed E-state index contributed by atoms with van der Waals surface area (Å²) < 4.78 is 26.4. The third kappa shape index (κ3) is 5.78. The van der Waals surface area contributed by atoms with Crippen molar-refractivity contribution in [3.05, 3.63) is 71.8 Å². The van der Waals surface area contributed by atoms with E-state index in [2.05, 4.69) is 12.2 Å². The molecule has 2 rings (SSSR count). The summed E-state index contributed by atoms with van der Waals surface area (Å²) in [6.45, 7) is 7.11. The van der Waals surface area contributed by atoms with Gasteiger partial charge in [-0.05, 0) is 35.3 Å². The van der Waals surface area contributed by atoms with Gasteiger partial charge in [0.1, 0.15) is 0 Å². The highest BCUT2D eigenvalue weighted by molar-refractivity contribution is 7.89. The van der Waals surface area contributed by atoms with Crippen LogP contribution in [0.4, 0.5) is 0 Å². The molecule has 1 amide bonds. The Morgan fingerprint density at radius 2 is 1.64 bits per heavy atom. The van der Waals surface area contributed by atoms with Crippen LogP contribution in [0.5, 0.6) is 0 Å². The molecule has 0 aliphatic carbocycles. The number of hydrogen-bond acceptors (Lipinski definition) is 3. The van der Waals surface area contributed by atoms with Gasteiger partial charge in [-0.25, -0.2) is 8.42 Å². The topological polar surface area (TPSA) is 66.5 Å². The Kier molecular flexibility index (Phi) is 7.96. The van der Waals surface area contributed by atoms with E-state index in [4.69, 9.17) is 0 Å². The van der Waals surface area contributed by atoms with Crippen LogP contribution in [-0.2, 0) is 14.8 Å². The van der Waals surface area contributed by atoms with Crippen molar-refractivity contribution in [2.45, 2.75) is 31.6 Å². The summed E-state index contributed by atoms with van der Waals surface area (Å²) in [5, 5.41) is 2.89. The monoisotopic (exact) mass is 400 g/mol. The molecule has 0 heterocycles. The summed E-state index contributed by atoms with van der Waals surface area (Å²) in [6.07, 6.45) is 3.14. The molecule has 0 spiro atoms. The highest BCUT2D eigenvalue weighted by atomic mass is 32.2. The Morgan fingerprint density at radius 3 is 2.21 bits per heavy atom. The van der Waals surface area contributed by atoms with Gasteiger partial charge in [0.2, 0.25) is 15.9 Å². The van der Waals surface area contributed by atoms with Crippen LogP contribution in [0.25, 0.3) is 6.08 Å². The van der Waals surface area contributed by atoms with Crippen molar-refractivity contribution in [2.75, 3.05) is 19.6 Å². The Morgan fingerprint density at radius 1 is 1.04 bits per heavy atom. The number of amides is 1. The molecule has 0 aromatic heterocycles. The molecule has 0 radical (unpaired) electrons. The van der Waals surface area contributed by atoms with Crippen molar-refractivity contribution >= 4 is 22.0 Å². The average molecular weight is 401 g/mol. The zero-order valence-electron chi connectivity index (χ0n) is 16.6. The van der Waals surface area contributed by atoms with Gasteiger partial charge in [0.05, 0.1) is 4.90 Å². The molecule has 5 nitrogen and oxygen atoms in total. The number of hydrogen-bond donors (Lipinski definition) is 1. The van der Waals surface area contributed by atoms with E-state index >= 15 is 0 Å². The van der Waals surface area contributed by atoms with Crippen LogP contribution in [-0.4, -0.2) is 38.3 Å².